The average molecular weight is 384 g/mol. The summed E-state index contributed by atoms with van der Waals surface area (Å²) < 4.78 is 17.5. The second kappa shape index (κ2) is 7.53. The van der Waals surface area contributed by atoms with E-state index in [1.807, 2.05) is 19.1 Å². The van der Waals surface area contributed by atoms with Crippen LogP contribution >= 0.6 is 15.9 Å². The van der Waals surface area contributed by atoms with E-state index in [1.54, 1.807) is 0 Å². The number of benzene rings is 1. The van der Waals surface area contributed by atoms with Gasteiger partial charge in [-0.2, -0.15) is 0 Å². The summed E-state index contributed by atoms with van der Waals surface area (Å²) in [6.45, 7) is 5.03. The largest absolute Gasteiger partial charge is 0.486 e. The quantitative estimate of drug-likeness (QED) is 0.747. The minimum absolute atomic E-state index is 0.110. The van der Waals surface area contributed by atoms with Crippen LogP contribution in [0, 0.1) is 0 Å². The summed E-state index contributed by atoms with van der Waals surface area (Å²) >= 11 is 3.61. The van der Waals surface area contributed by atoms with Crippen LogP contribution in [0.3, 0.4) is 0 Å². The maximum Gasteiger partial charge on any atom is 0.323 e. The van der Waals surface area contributed by atoms with Crippen molar-refractivity contribution in [2.45, 2.75) is 38.8 Å². The molecule has 1 unspecified atom stereocenters. The zero-order chi connectivity index (χ0) is 16.2. The Hall–Kier alpha value is -1.27. The highest BCUT2D eigenvalue weighted by Crippen LogP contribution is 2.36. The normalized spacial score (nSPS) is 21.0. The van der Waals surface area contributed by atoms with Gasteiger partial charge >= 0.3 is 5.97 Å². The van der Waals surface area contributed by atoms with Crippen LogP contribution in [0.4, 0.5) is 0 Å². The number of rotatable bonds is 4. The Kier molecular flexibility index (Phi) is 5.43. The molecule has 0 radical (unpaired) electrons. The molecule has 126 valence electrons. The summed E-state index contributed by atoms with van der Waals surface area (Å²) in [5.74, 6) is 1.44. The van der Waals surface area contributed by atoms with Crippen molar-refractivity contribution in [3.63, 3.8) is 0 Å². The van der Waals surface area contributed by atoms with Gasteiger partial charge in [-0.15, -0.1) is 0 Å². The fourth-order valence-corrected chi connectivity index (χ4v) is 3.58. The predicted molar refractivity (Wildman–Crippen MR) is 89.8 cm³/mol. The van der Waals surface area contributed by atoms with Gasteiger partial charge in [-0.3, -0.25) is 9.69 Å². The monoisotopic (exact) mass is 383 g/mol. The van der Waals surface area contributed by atoms with Gasteiger partial charge in [-0.1, -0.05) is 22.4 Å². The lowest BCUT2D eigenvalue weighted by Crippen LogP contribution is -2.45. The second-order valence-electron chi connectivity index (χ2n) is 5.82. The van der Waals surface area contributed by atoms with E-state index in [2.05, 4.69) is 20.8 Å². The Labute approximate surface area is 145 Å². The summed E-state index contributed by atoms with van der Waals surface area (Å²) in [6, 6.07) is 3.81. The van der Waals surface area contributed by atoms with Crippen LogP contribution in [0.15, 0.2) is 16.6 Å². The molecule has 2 heterocycles. The van der Waals surface area contributed by atoms with E-state index in [-0.39, 0.29) is 12.0 Å². The van der Waals surface area contributed by atoms with Crippen LogP contribution in [0.2, 0.25) is 0 Å². The van der Waals surface area contributed by atoms with Gasteiger partial charge in [0.25, 0.3) is 0 Å². The first kappa shape index (κ1) is 16.6. The molecule has 3 rings (SSSR count). The topological polar surface area (TPSA) is 48.0 Å². The summed E-state index contributed by atoms with van der Waals surface area (Å²) in [5, 5.41) is 0. The third-order valence-electron chi connectivity index (χ3n) is 4.26. The SMILES string of the molecule is CCOC(=O)C1CCCCN1Cc1cc2c(cc1Br)OCCO2. The lowest BCUT2D eigenvalue weighted by molar-refractivity contribution is -0.151. The van der Waals surface area contributed by atoms with E-state index >= 15 is 0 Å². The number of likely N-dealkylation sites (tertiary alicyclic amines) is 1. The van der Waals surface area contributed by atoms with Crippen molar-refractivity contribution in [3.8, 4) is 11.5 Å². The third-order valence-corrected chi connectivity index (χ3v) is 5.00. The zero-order valence-electron chi connectivity index (χ0n) is 13.3. The highest BCUT2D eigenvalue weighted by Gasteiger charge is 2.30. The lowest BCUT2D eigenvalue weighted by atomic mass is 10.0. The van der Waals surface area contributed by atoms with Gasteiger partial charge in [0.05, 0.1) is 6.61 Å². The molecule has 0 aliphatic carbocycles. The first-order valence-corrected chi connectivity index (χ1v) is 8.97. The standard InChI is InChI=1S/C17H22BrNO4/c1-2-21-17(20)14-5-3-4-6-19(14)11-12-9-15-16(10-13(12)18)23-8-7-22-15/h9-10,14H,2-8,11H2,1H3. The van der Waals surface area contributed by atoms with Crippen LogP contribution in [0.25, 0.3) is 0 Å². The zero-order valence-corrected chi connectivity index (χ0v) is 14.9. The van der Waals surface area contributed by atoms with E-state index in [9.17, 15) is 4.79 Å². The molecule has 2 aliphatic rings. The number of ether oxygens (including phenoxy) is 3. The number of hydrogen-bond acceptors (Lipinski definition) is 5. The van der Waals surface area contributed by atoms with Crippen molar-refractivity contribution in [2.75, 3.05) is 26.4 Å². The van der Waals surface area contributed by atoms with E-state index in [0.29, 0.717) is 26.4 Å². The molecule has 1 aromatic rings. The molecule has 2 aliphatic heterocycles. The molecule has 5 nitrogen and oxygen atoms in total. The Balaban J connectivity index is 1.77. The molecule has 0 aromatic heterocycles. The molecule has 0 N–H and O–H groups in total. The summed E-state index contributed by atoms with van der Waals surface area (Å²) in [7, 11) is 0. The van der Waals surface area contributed by atoms with Crippen LogP contribution in [0.1, 0.15) is 31.7 Å². The van der Waals surface area contributed by atoms with Crippen LogP contribution in [0.5, 0.6) is 11.5 Å². The number of esters is 1. The number of nitrogens with zero attached hydrogens (tertiary/aromatic N) is 1. The number of hydrogen-bond donors (Lipinski definition) is 0. The number of piperidine rings is 1. The fourth-order valence-electron chi connectivity index (χ4n) is 3.13. The van der Waals surface area contributed by atoms with Gasteiger partial charge < -0.3 is 14.2 Å². The Morgan fingerprint density at radius 2 is 2.04 bits per heavy atom. The molecule has 0 bridgehead atoms. The average Bonchev–Trinajstić information content (AvgIpc) is 2.56. The Morgan fingerprint density at radius 1 is 1.30 bits per heavy atom. The van der Waals surface area contributed by atoms with E-state index in [4.69, 9.17) is 14.2 Å². The molecule has 0 spiro atoms. The smallest absolute Gasteiger partial charge is 0.323 e. The molecule has 0 saturated carbocycles. The lowest BCUT2D eigenvalue weighted by Gasteiger charge is -2.34. The van der Waals surface area contributed by atoms with Gasteiger partial charge in [-0.25, -0.2) is 0 Å². The summed E-state index contributed by atoms with van der Waals surface area (Å²) in [5.41, 5.74) is 1.10. The summed E-state index contributed by atoms with van der Waals surface area (Å²) in [4.78, 5) is 14.4. The second-order valence-corrected chi connectivity index (χ2v) is 6.68. The number of halogens is 1. The molecule has 1 aromatic carbocycles. The molecule has 1 saturated heterocycles. The van der Waals surface area contributed by atoms with Crippen molar-refractivity contribution in [3.05, 3.63) is 22.2 Å². The summed E-state index contributed by atoms with van der Waals surface area (Å²) in [6.07, 6.45) is 3.04. The highest BCUT2D eigenvalue weighted by atomic mass is 79.9. The first-order chi connectivity index (χ1) is 11.2. The first-order valence-electron chi connectivity index (χ1n) is 8.17. The number of fused-ring (bicyclic) bond motifs is 1. The van der Waals surface area contributed by atoms with Crippen molar-refractivity contribution >= 4 is 21.9 Å². The third kappa shape index (κ3) is 3.80. The van der Waals surface area contributed by atoms with Crippen molar-refractivity contribution in [1.82, 2.24) is 4.90 Å². The van der Waals surface area contributed by atoms with Crippen molar-refractivity contribution in [1.29, 1.82) is 0 Å². The fraction of sp³-hybridized carbons (Fsp3) is 0.588. The maximum atomic E-state index is 12.2. The minimum atomic E-state index is -0.149. The molecule has 0 amide bonds. The minimum Gasteiger partial charge on any atom is -0.486 e. The molecule has 6 heteroatoms. The van der Waals surface area contributed by atoms with E-state index < -0.39 is 0 Å². The molecule has 23 heavy (non-hydrogen) atoms. The van der Waals surface area contributed by atoms with Crippen LogP contribution in [-0.4, -0.2) is 43.3 Å². The van der Waals surface area contributed by atoms with Crippen LogP contribution < -0.4 is 9.47 Å². The Morgan fingerprint density at radius 3 is 2.78 bits per heavy atom. The van der Waals surface area contributed by atoms with Crippen LogP contribution in [-0.2, 0) is 16.1 Å². The van der Waals surface area contributed by atoms with E-state index in [0.717, 1.165) is 47.3 Å². The molecule has 1 atom stereocenters. The van der Waals surface area contributed by atoms with Gasteiger partial charge in [0, 0.05) is 11.0 Å². The van der Waals surface area contributed by atoms with Gasteiger partial charge in [-0.05, 0) is 44.0 Å². The van der Waals surface area contributed by atoms with Gasteiger partial charge in [0.1, 0.15) is 19.3 Å². The molecule has 1 fully saturated rings. The van der Waals surface area contributed by atoms with Crippen molar-refractivity contribution < 1.29 is 19.0 Å². The molecular weight excluding hydrogens is 362 g/mol. The van der Waals surface area contributed by atoms with E-state index in [1.165, 1.54) is 0 Å². The Bertz CT molecular complexity index is 578. The molecular formula is C17H22BrNO4. The van der Waals surface area contributed by atoms with Gasteiger partial charge in [0.2, 0.25) is 0 Å². The predicted octanol–water partition coefficient (Wildman–Crippen LogP) is 3.14. The maximum absolute atomic E-state index is 12.2. The van der Waals surface area contributed by atoms with Crippen molar-refractivity contribution in [2.24, 2.45) is 0 Å². The van der Waals surface area contributed by atoms with Gasteiger partial charge in [0.15, 0.2) is 11.5 Å². The number of carbonyl (C=O) groups excluding carboxylic acids is 1. The number of carbonyl (C=O) groups is 1. The highest BCUT2D eigenvalue weighted by molar-refractivity contribution is 9.10.